The van der Waals surface area contributed by atoms with Gasteiger partial charge in [-0.3, -0.25) is 9.59 Å². The van der Waals surface area contributed by atoms with Gasteiger partial charge in [0.2, 0.25) is 0 Å². The molecule has 0 radical (unpaired) electrons. The van der Waals surface area contributed by atoms with Crippen LogP contribution in [0.2, 0.25) is 0 Å². The summed E-state index contributed by atoms with van der Waals surface area (Å²) in [6.07, 6.45) is 7.33. The molecule has 0 amide bonds. The van der Waals surface area contributed by atoms with Gasteiger partial charge in [0.1, 0.15) is 24.4 Å². The zero-order chi connectivity index (χ0) is 33.5. The van der Waals surface area contributed by atoms with Gasteiger partial charge in [0.25, 0.3) is 0 Å². The molecule has 4 fully saturated rings. The smallest absolute Gasteiger partial charge is 0.302 e. The third kappa shape index (κ3) is 6.96. The second-order valence-electron chi connectivity index (χ2n) is 15.4. The summed E-state index contributed by atoms with van der Waals surface area (Å²) >= 11 is 0. The molecule has 10 atom stereocenters. The Hall–Kier alpha value is -2.10. The van der Waals surface area contributed by atoms with Gasteiger partial charge in [0, 0.05) is 29.7 Å². The number of aliphatic hydroxyl groups excluding tert-OH is 3. The molecule has 4 aliphatic rings. The molecule has 1 saturated heterocycles. The van der Waals surface area contributed by atoms with E-state index in [2.05, 4.69) is 33.8 Å². The van der Waals surface area contributed by atoms with E-state index in [0.29, 0.717) is 18.8 Å². The fraction of sp³-hybridized carbons (Fsp3) is 0.730. The molecule has 0 spiro atoms. The van der Waals surface area contributed by atoms with Crippen LogP contribution in [0.4, 0.5) is 0 Å². The normalized spacial score (nSPS) is 40.0. The Morgan fingerprint density at radius 3 is 2.33 bits per heavy atom. The highest BCUT2D eigenvalue weighted by molar-refractivity contribution is 6.00. The maximum Gasteiger partial charge on any atom is 0.302 e. The fourth-order valence-corrected chi connectivity index (χ4v) is 9.26. The Labute approximate surface area is 269 Å². The molecule has 0 aromatic heterocycles. The van der Waals surface area contributed by atoms with E-state index >= 15 is 0 Å². The summed E-state index contributed by atoms with van der Waals surface area (Å²) in [4.78, 5) is 25.6. The average Bonchev–Trinajstić information content (AvgIpc) is 3.23. The van der Waals surface area contributed by atoms with Crippen LogP contribution in [0.3, 0.4) is 0 Å². The van der Waals surface area contributed by atoms with E-state index in [1.54, 1.807) is 0 Å². The van der Waals surface area contributed by atoms with E-state index in [-0.39, 0.29) is 46.6 Å². The van der Waals surface area contributed by atoms with E-state index in [1.807, 2.05) is 45.9 Å². The molecule has 45 heavy (non-hydrogen) atoms. The number of hydrogen-bond donors (Lipinski definition) is 3. The molecule has 0 bridgehead atoms. The maximum absolute atomic E-state index is 13.8. The maximum atomic E-state index is 13.8. The first kappa shape index (κ1) is 35.7. The quantitative estimate of drug-likeness (QED) is 0.134. The van der Waals surface area contributed by atoms with E-state index in [4.69, 9.17) is 14.2 Å². The summed E-state index contributed by atoms with van der Waals surface area (Å²) < 4.78 is 17.4. The van der Waals surface area contributed by atoms with Gasteiger partial charge in [-0.2, -0.15) is 0 Å². The van der Waals surface area contributed by atoms with Crippen molar-refractivity contribution < 1.29 is 39.1 Å². The summed E-state index contributed by atoms with van der Waals surface area (Å²) in [7, 11) is 0. The highest BCUT2D eigenvalue weighted by Crippen LogP contribution is 2.69. The van der Waals surface area contributed by atoms with Crippen molar-refractivity contribution in [1.29, 1.82) is 0 Å². The molecule has 3 saturated carbocycles. The number of fused-ring (bicyclic) bond motifs is 3. The fourth-order valence-electron chi connectivity index (χ4n) is 9.26. The Morgan fingerprint density at radius 2 is 1.69 bits per heavy atom. The molecular weight excluding hydrogens is 572 g/mol. The van der Waals surface area contributed by atoms with Gasteiger partial charge in [-0.15, -0.1) is 0 Å². The van der Waals surface area contributed by atoms with Crippen molar-refractivity contribution in [2.45, 2.75) is 138 Å². The standard InChI is InChI=1S/C37H56O8/c1-21(2)13-14-27(45-34-33(42)32(41)26(40)20-43-34)22(3)11-10-12-23(4)31-25(39)19-29-36(8)18-16-30(44-24(5)38)35(6,7)28(36)15-17-37(29,31)9/h10-13,26-30,32-34,40-42H,14-20H2,1-9H3/b12-10?,22-11?,31-23+/t26-,27?,28+,29+,30-,32-,33-,34+,36+,37+/m1/s1. The van der Waals surface area contributed by atoms with Gasteiger partial charge in [-0.05, 0) is 88.2 Å². The minimum absolute atomic E-state index is 0.0179. The largest absolute Gasteiger partial charge is 0.462 e. The topological polar surface area (TPSA) is 123 Å². The zero-order valence-electron chi connectivity index (χ0n) is 28.8. The number of Topliss-reactive ketones (excluding diaryl/α,β-unsaturated/α-hetero) is 1. The van der Waals surface area contributed by atoms with Crippen molar-refractivity contribution in [1.82, 2.24) is 0 Å². The molecule has 1 heterocycles. The highest BCUT2D eigenvalue weighted by Gasteiger charge is 2.65. The Bertz CT molecular complexity index is 1250. The van der Waals surface area contributed by atoms with Crippen LogP contribution in [0.5, 0.6) is 0 Å². The van der Waals surface area contributed by atoms with Gasteiger partial charge in [0.15, 0.2) is 12.1 Å². The summed E-state index contributed by atoms with van der Waals surface area (Å²) in [5.74, 6) is 0.616. The predicted octanol–water partition coefficient (Wildman–Crippen LogP) is 5.75. The number of ether oxygens (including phenoxy) is 3. The van der Waals surface area contributed by atoms with Crippen LogP contribution in [-0.4, -0.2) is 70.5 Å². The number of ketones is 1. The SMILES string of the molecule is CC(=O)O[C@@H]1CC[C@@]2(C)[C@@H](CC[C@]3(C)/C(=C(\C)C=CC=C(C)C(CC=C(C)C)O[C@@H]4OC[C@@H](O)[C@@H](O)[C@H]4O)C(=O)C[C@@H]23)C1(C)C. The number of carbonyl (C=O) groups is 2. The minimum Gasteiger partial charge on any atom is -0.462 e. The lowest BCUT2D eigenvalue weighted by molar-refractivity contribution is -0.278. The van der Waals surface area contributed by atoms with Crippen LogP contribution in [0.1, 0.15) is 101 Å². The molecule has 8 nitrogen and oxygen atoms in total. The first-order valence-electron chi connectivity index (χ1n) is 16.6. The zero-order valence-corrected chi connectivity index (χ0v) is 28.8. The van der Waals surface area contributed by atoms with Crippen LogP contribution in [0.25, 0.3) is 0 Å². The summed E-state index contributed by atoms with van der Waals surface area (Å²) in [5.41, 5.74) is 3.56. The molecule has 252 valence electrons. The van der Waals surface area contributed by atoms with E-state index in [9.17, 15) is 24.9 Å². The van der Waals surface area contributed by atoms with Crippen molar-refractivity contribution in [3.05, 3.63) is 46.6 Å². The van der Waals surface area contributed by atoms with Gasteiger partial charge in [-0.25, -0.2) is 0 Å². The van der Waals surface area contributed by atoms with Crippen LogP contribution in [0.15, 0.2) is 46.6 Å². The highest BCUT2D eigenvalue weighted by atomic mass is 16.7. The van der Waals surface area contributed by atoms with Crippen molar-refractivity contribution in [2.75, 3.05) is 6.61 Å². The summed E-state index contributed by atoms with van der Waals surface area (Å²) in [6, 6.07) is 0. The van der Waals surface area contributed by atoms with Crippen molar-refractivity contribution in [2.24, 2.45) is 28.1 Å². The molecule has 0 aromatic rings. The second kappa shape index (κ2) is 13.6. The number of allylic oxidation sites excluding steroid dienone is 6. The Morgan fingerprint density at radius 1 is 1.00 bits per heavy atom. The van der Waals surface area contributed by atoms with Crippen LogP contribution in [0, 0.1) is 28.1 Å². The molecule has 3 aliphatic carbocycles. The van der Waals surface area contributed by atoms with Gasteiger partial charge < -0.3 is 29.5 Å². The van der Waals surface area contributed by atoms with E-state index < -0.39 is 30.7 Å². The lowest BCUT2D eigenvalue weighted by Gasteiger charge is -2.62. The predicted molar refractivity (Wildman–Crippen MR) is 173 cm³/mol. The van der Waals surface area contributed by atoms with E-state index in [0.717, 1.165) is 48.0 Å². The van der Waals surface area contributed by atoms with Gasteiger partial charge >= 0.3 is 5.97 Å². The van der Waals surface area contributed by atoms with Crippen LogP contribution in [-0.2, 0) is 23.8 Å². The Balaban J connectivity index is 1.55. The number of esters is 1. The van der Waals surface area contributed by atoms with Crippen LogP contribution < -0.4 is 0 Å². The van der Waals surface area contributed by atoms with Crippen molar-refractivity contribution in [3.63, 3.8) is 0 Å². The number of hydrogen-bond acceptors (Lipinski definition) is 8. The molecule has 1 aliphatic heterocycles. The second-order valence-corrected chi connectivity index (χ2v) is 15.4. The third-order valence-electron chi connectivity index (χ3n) is 11.6. The van der Waals surface area contributed by atoms with Gasteiger partial charge in [-0.1, -0.05) is 57.6 Å². The number of rotatable bonds is 8. The monoisotopic (exact) mass is 628 g/mol. The summed E-state index contributed by atoms with van der Waals surface area (Å²) in [5, 5.41) is 30.4. The Kier molecular flexibility index (Phi) is 10.8. The molecule has 0 aromatic carbocycles. The number of aliphatic hydroxyl groups is 3. The minimum atomic E-state index is -1.36. The molecule has 8 heteroatoms. The number of carbonyl (C=O) groups excluding carboxylic acids is 2. The first-order valence-corrected chi connectivity index (χ1v) is 16.6. The molecule has 1 unspecified atom stereocenters. The van der Waals surface area contributed by atoms with Crippen molar-refractivity contribution >= 4 is 11.8 Å². The van der Waals surface area contributed by atoms with Gasteiger partial charge in [0.05, 0.1) is 12.7 Å². The van der Waals surface area contributed by atoms with E-state index in [1.165, 1.54) is 6.92 Å². The molecular formula is C37H56O8. The van der Waals surface area contributed by atoms with Crippen LogP contribution >= 0.6 is 0 Å². The lowest BCUT2D eigenvalue weighted by Crippen LogP contribution is -2.58. The molecule has 4 rings (SSSR count). The van der Waals surface area contributed by atoms with Crippen molar-refractivity contribution in [3.8, 4) is 0 Å². The lowest BCUT2D eigenvalue weighted by atomic mass is 9.43. The molecule has 3 N–H and O–H groups in total. The third-order valence-corrected chi connectivity index (χ3v) is 11.6. The summed E-state index contributed by atoms with van der Waals surface area (Å²) in [6.45, 7) is 18.5. The first-order chi connectivity index (χ1) is 20.9. The average molecular weight is 629 g/mol.